The number of hydrogen-bond donors (Lipinski definition) is 0. The van der Waals surface area contributed by atoms with E-state index in [2.05, 4.69) is 9.74 Å². The average molecular weight is 160 g/mol. The Morgan fingerprint density at radius 2 is 2.17 bits per heavy atom. The maximum Gasteiger partial charge on any atom is 0.187 e. The molecule has 0 spiro atoms. The van der Waals surface area contributed by atoms with E-state index in [-0.39, 0.29) is 0 Å². The van der Waals surface area contributed by atoms with Crippen LogP contribution in [0.4, 0.5) is 5.69 Å². The van der Waals surface area contributed by atoms with Crippen LogP contribution in [0.5, 0.6) is 0 Å². The minimum absolute atomic E-state index is 0.717. The maximum atomic E-state index is 6.83. The first-order valence-electron chi connectivity index (χ1n) is 3.83. The smallest absolute Gasteiger partial charge is 0.187 e. The van der Waals surface area contributed by atoms with Crippen molar-refractivity contribution in [3.8, 4) is 0 Å². The molecule has 0 bridgehead atoms. The molecule has 0 fully saturated rings. The molecular weight excluding hydrogens is 148 g/mol. The monoisotopic (exact) mass is 160 g/mol. The highest BCUT2D eigenvalue weighted by Gasteiger charge is 1.95. The molecule has 0 amide bonds. The molecule has 1 aromatic rings. The standard InChI is InChI=1S/C10H12N2/c1-11-10-6-4-5-9(7-10)8-12(2)3/h4-7H,8H2,2-3H3. The van der Waals surface area contributed by atoms with Crippen molar-refractivity contribution in [3.05, 3.63) is 41.2 Å². The third-order valence-corrected chi connectivity index (χ3v) is 1.54. The highest BCUT2D eigenvalue weighted by molar-refractivity contribution is 5.46. The Morgan fingerprint density at radius 3 is 2.75 bits per heavy atom. The number of rotatable bonds is 2. The Morgan fingerprint density at radius 1 is 1.42 bits per heavy atom. The van der Waals surface area contributed by atoms with Crippen LogP contribution in [0, 0.1) is 6.57 Å². The Balaban J connectivity index is 2.81. The number of nitrogens with zero attached hydrogens (tertiary/aromatic N) is 2. The second-order valence-electron chi connectivity index (χ2n) is 3.02. The summed E-state index contributed by atoms with van der Waals surface area (Å²) in [6, 6.07) is 7.71. The van der Waals surface area contributed by atoms with Gasteiger partial charge in [-0.2, -0.15) is 0 Å². The Bertz CT molecular complexity index is 297. The van der Waals surface area contributed by atoms with Gasteiger partial charge in [-0.25, -0.2) is 4.85 Å². The summed E-state index contributed by atoms with van der Waals surface area (Å²) >= 11 is 0. The predicted octanol–water partition coefficient (Wildman–Crippen LogP) is 2.30. The van der Waals surface area contributed by atoms with Crippen molar-refractivity contribution in [1.29, 1.82) is 0 Å². The quantitative estimate of drug-likeness (QED) is 0.602. The molecule has 0 heterocycles. The third kappa shape index (κ3) is 2.37. The van der Waals surface area contributed by atoms with E-state index < -0.39 is 0 Å². The maximum absolute atomic E-state index is 6.83. The summed E-state index contributed by atoms with van der Waals surface area (Å²) in [4.78, 5) is 5.46. The molecule has 0 aliphatic rings. The van der Waals surface area contributed by atoms with E-state index >= 15 is 0 Å². The van der Waals surface area contributed by atoms with E-state index in [1.54, 1.807) is 0 Å². The zero-order valence-electron chi connectivity index (χ0n) is 7.41. The lowest BCUT2D eigenvalue weighted by atomic mass is 10.2. The van der Waals surface area contributed by atoms with Gasteiger partial charge in [-0.1, -0.05) is 24.3 Å². The molecule has 0 saturated heterocycles. The summed E-state index contributed by atoms with van der Waals surface area (Å²) in [7, 11) is 4.04. The fraction of sp³-hybridized carbons (Fsp3) is 0.300. The molecule has 0 saturated carbocycles. The van der Waals surface area contributed by atoms with Crippen LogP contribution in [-0.4, -0.2) is 19.0 Å². The van der Waals surface area contributed by atoms with Crippen LogP contribution >= 0.6 is 0 Å². The predicted molar refractivity (Wildman–Crippen MR) is 50.1 cm³/mol. The Kier molecular flexibility index (Phi) is 2.84. The molecule has 1 rings (SSSR count). The minimum atomic E-state index is 0.717. The molecule has 0 N–H and O–H groups in total. The molecule has 0 aliphatic carbocycles. The van der Waals surface area contributed by atoms with Gasteiger partial charge in [0.2, 0.25) is 0 Å². The summed E-state index contributed by atoms with van der Waals surface area (Å²) in [6.45, 7) is 7.73. The van der Waals surface area contributed by atoms with Crippen LogP contribution in [0.1, 0.15) is 5.56 Å². The lowest BCUT2D eigenvalue weighted by Crippen LogP contribution is -2.10. The highest BCUT2D eigenvalue weighted by atomic mass is 15.0. The van der Waals surface area contributed by atoms with E-state index in [0.29, 0.717) is 5.69 Å². The third-order valence-electron chi connectivity index (χ3n) is 1.54. The van der Waals surface area contributed by atoms with Crippen LogP contribution < -0.4 is 0 Å². The van der Waals surface area contributed by atoms with Gasteiger partial charge < -0.3 is 4.90 Å². The van der Waals surface area contributed by atoms with Crippen LogP contribution in [0.2, 0.25) is 0 Å². The first-order valence-corrected chi connectivity index (χ1v) is 3.83. The van der Waals surface area contributed by atoms with Gasteiger partial charge in [0.1, 0.15) is 0 Å². The van der Waals surface area contributed by atoms with Gasteiger partial charge in [0.05, 0.1) is 6.57 Å². The van der Waals surface area contributed by atoms with Crippen molar-refractivity contribution in [1.82, 2.24) is 4.90 Å². The first-order chi connectivity index (χ1) is 5.72. The van der Waals surface area contributed by atoms with E-state index in [4.69, 9.17) is 6.57 Å². The lowest BCUT2D eigenvalue weighted by molar-refractivity contribution is 0.402. The molecular formula is C10H12N2. The van der Waals surface area contributed by atoms with E-state index in [1.165, 1.54) is 5.56 Å². The summed E-state index contributed by atoms with van der Waals surface area (Å²) in [5, 5.41) is 0. The van der Waals surface area contributed by atoms with Crippen LogP contribution in [-0.2, 0) is 6.54 Å². The van der Waals surface area contributed by atoms with E-state index in [0.717, 1.165) is 6.54 Å². The van der Waals surface area contributed by atoms with Crippen molar-refractivity contribution in [2.45, 2.75) is 6.54 Å². The largest absolute Gasteiger partial charge is 0.305 e. The summed E-state index contributed by atoms with van der Waals surface area (Å²) in [6.07, 6.45) is 0. The first kappa shape index (κ1) is 8.76. The number of benzene rings is 1. The molecule has 62 valence electrons. The van der Waals surface area contributed by atoms with Gasteiger partial charge in [0.25, 0.3) is 0 Å². The van der Waals surface area contributed by atoms with Crippen molar-refractivity contribution in [2.24, 2.45) is 0 Å². The molecule has 0 aromatic heterocycles. The summed E-state index contributed by atoms with van der Waals surface area (Å²) < 4.78 is 0. The second kappa shape index (κ2) is 3.89. The molecule has 12 heavy (non-hydrogen) atoms. The average Bonchev–Trinajstić information content (AvgIpc) is 2.03. The van der Waals surface area contributed by atoms with Gasteiger partial charge in [0, 0.05) is 6.54 Å². The molecule has 0 radical (unpaired) electrons. The topological polar surface area (TPSA) is 7.60 Å². The van der Waals surface area contributed by atoms with Crippen LogP contribution in [0.3, 0.4) is 0 Å². The van der Waals surface area contributed by atoms with Crippen molar-refractivity contribution in [2.75, 3.05) is 14.1 Å². The van der Waals surface area contributed by atoms with Gasteiger partial charge in [-0.15, -0.1) is 0 Å². The zero-order chi connectivity index (χ0) is 8.97. The SMILES string of the molecule is [C-]#[N+]c1cccc(CN(C)C)c1. The lowest BCUT2D eigenvalue weighted by Gasteiger charge is -2.09. The Hall–Kier alpha value is -1.33. The number of hydrogen-bond acceptors (Lipinski definition) is 1. The zero-order valence-corrected chi connectivity index (χ0v) is 7.41. The van der Waals surface area contributed by atoms with Crippen molar-refractivity contribution in [3.63, 3.8) is 0 Å². The van der Waals surface area contributed by atoms with E-state index in [1.807, 2.05) is 38.4 Å². The molecule has 2 heteroatoms. The normalized spacial score (nSPS) is 9.83. The molecule has 2 nitrogen and oxygen atoms in total. The Labute approximate surface area is 73.3 Å². The summed E-state index contributed by atoms with van der Waals surface area (Å²) in [5.74, 6) is 0. The molecule has 0 aliphatic heterocycles. The van der Waals surface area contributed by atoms with Crippen molar-refractivity contribution < 1.29 is 0 Å². The van der Waals surface area contributed by atoms with Gasteiger partial charge in [-0.3, -0.25) is 0 Å². The summed E-state index contributed by atoms with van der Waals surface area (Å²) in [5.41, 5.74) is 1.91. The van der Waals surface area contributed by atoms with Crippen LogP contribution in [0.15, 0.2) is 24.3 Å². The van der Waals surface area contributed by atoms with Crippen LogP contribution in [0.25, 0.3) is 4.85 Å². The van der Waals surface area contributed by atoms with Gasteiger partial charge in [-0.05, 0) is 19.7 Å². The molecule has 0 unspecified atom stereocenters. The van der Waals surface area contributed by atoms with Gasteiger partial charge >= 0.3 is 0 Å². The fourth-order valence-corrected chi connectivity index (χ4v) is 1.09. The van der Waals surface area contributed by atoms with Gasteiger partial charge in [0.15, 0.2) is 5.69 Å². The minimum Gasteiger partial charge on any atom is -0.305 e. The van der Waals surface area contributed by atoms with Crippen molar-refractivity contribution >= 4 is 5.69 Å². The fourth-order valence-electron chi connectivity index (χ4n) is 1.09. The van der Waals surface area contributed by atoms with E-state index in [9.17, 15) is 0 Å². The molecule has 0 atom stereocenters. The molecule has 1 aromatic carbocycles. The highest BCUT2D eigenvalue weighted by Crippen LogP contribution is 2.14. The second-order valence-corrected chi connectivity index (χ2v) is 3.02.